The van der Waals surface area contributed by atoms with Crippen LogP contribution in [-0.4, -0.2) is 41.0 Å². The highest BCUT2D eigenvalue weighted by atomic mass is 31.2. The molecule has 0 aliphatic carbocycles. The Balaban J connectivity index is 3.83. The highest BCUT2D eigenvalue weighted by Gasteiger charge is 2.23. The number of esters is 2. The van der Waals surface area contributed by atoms with E-state index in [1.807, 2.05) is 30.4 Å². The fourth-order valence-corrected chi connectivity index (χ4v) is 6.92. The number of carbonyl (C=O) groups excluding carboxylic acids is 2. The van der Waals surface area contributed by atoms with Crippen LogP contribution in [0.2, 0.25) is 0 Å². The van der Waals surface area contributed by atoms with Crippen LogP contribution in [0.4, 0.5) is 0 Å². The lowest BCUT2D eigenvalue weighted by atomic mass is 10.0. The normalized spacial score (nSPS) is 12.9. The first-order valence-electron chi connectivity index (χ1n) is 23.0. The maximum absolute atomic E-state index is 12.4. The topological polar surface area (TPSA) is 119 Å². The van der Waals surface area contributed by atoms with E-state index in [2.05, 4.69) is 36.6 Å². The third-order valence-corrected chi connectivity index (χ3v) is 10.4. The number of phosphoric ester groups is 1. The Morgan fingerprint density at radius 1 is 0.482 bits per heavy atom. The Morgan fingerprint density at radius 2 is 0.857 bits per heavy atom. The van der Waals surface area contributed by atoms with Crippen LogP contribution in [0.1, 0.15) is 219 Å². The van der Waals surface area contributed by atoms with Gasteiger partial charge in [-0.15, -0.1) is 0 Å². The monoisotopic (exact) mass is 809 g/mol. The van der Waals surface area contributed by atoms with E-state index in [1.165, 1.54) is 128 Å². The van der Waals surface area contributed by atoms with Crippen LogP contribution in [0, 0.1) is 0 Å². The molecule has 0 aliphatic rings. The van der Waals surface area contributed by atoms with Gasteiger partial charge in [-0.1, -0.05) is 223 Å². The van der Waals surface area contributed by atoms with Crippen molar-refractivity contribution >= 4 is 19.8 Å². The van der Waals surface area contributed by atoms with Crippen molar-refractivity contribution in [2.45, 2.75) is 225 Å². The van der Waals surface area contributed by atoms with Crippen molar-refractivity contribution in [3.05, 3.63) is 48.6 Å². The van der Waals surface area contributed by atoms with Crippen molar-refractivity contribution in [3.8, 4) is 0 Å². The van der Waals surface area contributed by atoms with Gasteiger partial charge in [0, 0.05) is 12.8 Å². The molecule has 0 aromatic heterocycles. The molecule has 56 heavy (non-hydrogen) atoms. The van der Waals surface area contributed by atoms with E-state index in [4.69, 9.17) is 19.3 Å². The van der Waals surface area contributed by atoms with Gasteiger partial charge in [-0.05, 0) is 32.1 Å². The van der Waals surface area contributed by atoms with Crippen LogP contribution in [-0.2, 0) is 28.2 Å². The molecule has 0 amide bonds. The molecule has 0 saturated heterocycles. The molecule has 0 fully saturated rings. The standard InChI is InChI=1S/C47H85O8P/c1-3-5-7-9-11-13-15-17-19-20-21-22-23-24-25-26-28-29-31-33-35-37-39-41-46(48)53-43-45(44-54-56(50,51)52)55-47(49)42-40-38-36-34-32-30-27-18-16-14-12-10-8-6-4-2/h6,8,10,12,14,16,18,27,45H,3-5,7,9,11,13,15,17,19-26,28-44H2,1-2H3,(H2,50,51,52)/b8-6+,12-10+,16-14+,27-18+/t45-/m1/s1. The van der Waals surface area contributed by atoms with Crippen molar-refractivity contribution in [3.63, 3.8) is 0 Å². The second-order valence-corrected chi connectivity index (χ2v) is 16.7. The largest absolute Gasteiger partial charge is 0.469 e. The fraction of sp³-hybridized carbons (Fsp3) is 0.787. The van der Waals surface area contributed by atoms with Crippen LogP contribution < -0.4 is 0 Å². The van der Waals surface area contributed by atoms with E-state index in [-0.39, 0.29) is 19.4 Å². The highest BCUT2D eigenvalue weighted by molar-refractivity contribution is 7.46. The van der Waals surface area contributed by atoms with E-state index in [9.17, 15) is 14.2 Å². The average molecular weight is 809 g/mol. The predicted molar refractivity (Wildman–Crippen MR) is 234 cm³/mol. The van der Waals surface area contributed by atoms with Crippen molar-refractivity contribution in [1.82, 2.24) is 0 Å². The SMILES string of the molecule is CC/C=C/C=C/C=C/C=C/CCCCCCCC(=O)O[C@H](COC(=O)CCCCCCCCCCCCCCCCCCCCCCCCC)COP(=O)(O)O. The first-order chi connectivity index (χ1) is 27.3. The third-order valence-electron chi connectivity index (χ3n) is 9.96. The summed E-state index contributed by atoms with van der Waals surface area (Å²) in [6, 6.07) is 0. The Labute approximate surface area is 344 Å². The van der Waals surface area contributed by atoms with Crippen LogP contribution >= 0.6 is 7.82 Å². The molecule has 0 spiro atoms. The number of ether oxygens (including phenoxy) is 2. The second-order valence-electron chi connectivity index (χ2n) is 15.5. The summed E-state index contributed by atoms with van der Waals surface area (Å²) >= 11 is 0. The van der Waals surface area contributed by atoms with Gasteiger partial charge in [0.05, 0.1) is 6.61 Å². The van der Waals surface area contributed by atoms with Crippen molar-refractivity contribution < 1.29 is 37.9 Å². The number of hydrogen-bond acceptors (Lipinski definition) is 6. The molecule has 1 atom stereocenters. The van der Waals surface area contributed by atoms with Gasteiger partial charge in [-0.3, -0.25) is 14.1 Å². The molecule has 0 saturated carbocycles. The molecule has 0 unspecified atom stereocenters. The zero-order chi connectivity index (χ0) is 41.1. The molecule has 2 N–H and O–H groups in total. The van der Waals surface area contributed by atoms with Gasteiger partial charge in [0.15, 0.2) is 6.10 Å². The molecule has 0 radical (unpaired) electrons. The molecular formula is C47H85O8P. The molecule has 0 bridgehead atoms. The number of carbonyl (C=O) groups is 2. The zero-order valence-corrected chi connectivity index (χ0v) is 36.9. The highest BCUT2D eigenvalue weighted by Crippen LogP contribution is 2.36. The minimum atomic E-state index is -4.76. The molecule has 0 rings (SSSR count). The first kappa shape index (κ1) is 54.0. The van der Waals surface area contributed by atoms with Gasteiger partial charge in [0.2, 0.25) is 0 Å². The minimum Gasteiger partial charge on any atom is -0.462 e. The summed E-state index contributed by atoms with van der Waals surface area (Å²) in [5.41, 5.74) is 0. The summed E-state index contributed by atoms with van der Waals surface area (Å²) in [4.78, 5) is 42.9. The van der Waals surface area contributed by atoms with Gasteiger partial charge in [0.1, 0.15) is 6.61 Å². The lowest BCUT2D eigenvalue weighted by Gasteiger charge is -2.18. The van der Waals surface area contributed by atoms with E-state index < -0.39 is 32.5 Å². The minimum absolute atomic E-state index is 0.186. The summed E-state index contributed by atoms with van der Waals surface area (Å²) in [6.07, 6.45) is 52.7. The maximum atomic E-state index is 12.4. The number of unbranched alkanes of at least 4 members (excludes halogenated alkanes) is 27. The second kappa shape index (κ2) is 42.6. The van der Waals surface area contributed by atoms with Crippen molar-refractivity contribution in [2.24, 2.45) is 0 Å². The van der Waals surface area contributed by atoms with E-state index in [0.717, 1.165) is 57.8 Å². The van der Waals surface area contributed by atoms with E-state index in [0.29, 0.717) is 6.42 Å². The van der Waals surface area contributed by atoms with E-state index >= 15 is 0 Å². The first-order valence-corrected chi connectivity index (χ1v) is 24.5. The summed E-state index contributed by atoms with van der Waals surface area (Å²) in [5, 5.41) is 0. The molecule has 326 valence electrons. The summed E-state index contributed by atoms with van der Waals surface area (Å²) < 4.78 is 26.4. The molecule has 9 heteroatoms. The average Bonchev–Trinajstić information content (AvgIpc) is 3.17. The van der Waals surface area contributed by atoms with Crippen molar-refractivity contribution in [2.75, 3.05) is 13.2 Å². The van der Waals surface area contributed by atoms with E-state index in [1.54, 1.807) is 0 Å². The Hall–Kier alpha value is -1.99. The maximum Gasteiger partial charge on any atom is 0.469 e. The number of phosphoric acid groups is 1. The number of allylic oxidation sites excluding steroid dienone is 8. The number of hydrogen-bond donors (Lipinski definition) is 2. The number of rotatable bonds is 42. The molecule has 0 aliphatic heterocycles. The molecule has 0 heterocycles. The van der Waals surface area contributed by atoms with Gasteiger partial charge >= 0.3 is 19.8 Å². The summed E-state index contributed by atoms with van der Waals surface area (Å²) in [7, 11) is -4.76. The van der Waals surface area contributed by atoms with Crippen LogP contribution in [0.15, 0.2) is 48.6 Å². The molecule has 0 aromatic rings. The molecule has 0 aromatic carbocycles. The molecule has 8 nitrogen and oxygen atoms in total. The predicted octanol–water partition coefficient (Wildman–Crippen LogP) is 14.3. The van der Waals surface area contributed by atoms with Crippen molar-refractivity contribution in [1.29, 1.82) is 0 Å². The lowest BCUT2D eigenvalue weighted by Crippen LogP contribution is -2.29. The quantitative estimate of drug-likeness (QED) is 0.0271. The van der Waals surface area contributed by atoms with Crippen LogP contribution in [0.5, 0.6) is 0 Å². The molecular weight excluding hydrogens is 723 g/mol. The summed E-state index contributed by atoms with van der Waals surface area (Å²) in [5.74, 6) is -0.905. The van der Waals surface area contributed by atoms with Crippen LogP contribution in [0.3, 0.4) is 0 Å². The van der Waals surface area contributed by atoms with Crippen LogP contribution in [0.25, 0.3) is 0 Å². The van der Waals surface area contributed by atoms with Gasteiger partial charge in [0.25, 0.3) is 0 Å². The fourth-order valence-electron chi connectivity index (χ4n) is 6.56. The lowest BCUT2D eigenvalue weighted by molar-refractivity contribution is -0.161. The van der Waals surface area contributed by atoms with Gasteiger partial charge < -0.3 is 19.3 Å². The Kier molecular flexibility index (Phi) is 41.1. The smallest absolute Gasteiger partial charge is 0.462 e. The van der Waals surface area contributed by atoms with Gasteiger partial charge in [-0.25, -0.2) is 4.57 Å². The Morgan fingerprint density at radius 3 is 1.29 bits per heavy atom. The van der Waals surface area contributed by atoms with Gasteiger partial charge in [-0.2, -0.15) is 0 Å². The Bertz CT molecular complexity index is 1050. The summed E-state index contributed by atoms with van der Waals surface area (Å²) in [6.45, 7) is 3.55. The third kappa shape index (κ3) is 44.7. The zero-order valence-electron chi connectivity index (χ0n) is 36.0.